The molecule has 0 bridgehead atoms. The van der Waals surface area contributed by atoms with E-state index >= 15 is 0 Å². The fourth-order valence-corrected chi connectivity index (χ4v) is 1.15. The third kappa shape index (κ3) is 4.44. The van der Waals surface area contributed by atoms with Crippen molar-refractivity contribution in [1.82, 2.24) is 0 Å². The molecule has 0 N–H and O–H groups in total. The van der Waals surface area contributed by atoms with Gasteiger partial charge in [-0.15, -0.1) is 11.6 Å². The highest BCUT2D eigenvalue weighted by Crippen LogP contribution is 2.13. The lowest BCUT2D eigenvalue weighted by Gasteiger charge is -2.04. The van der Waals surface area contributed by atoms with Crippen LogP contribution in [0.3, 0.4) is 0 Å². The number of hydrogen-bond donors (Lipinski definition) is 0. The molecule has 17 heavy (non-hydrogen) atoms. The molecule has 0 radical (unpaired) electrons. The molecule has 0 saturated heterocycles. The Bertz CT molecular complexity index is 386. The Morgan fingerprint density at radius 2 is 1.88 bits per heavy atom. The maximum absolute atomic E-state index is 11.4. The van der Waals surface area contributed by atoms with Crippen molar-refractivity contribution in [2.24, 2.45) is 0 Å². The number of carbonyl (C=O) groups excluding carboxylic acids is 2. The average Bonchev–Trinajstić information content (AvgIpc) is 2.36. The average molecular weight is 257 g/mol. The first-order valence-corrected chi connectivity index (χ1v) is 5.74. The predicted octanol–water partition coefficient (Wildman–Crippen LogP) is 2.40. The highest BCUT2D eigenvalue weighted by atomic mass is 35.5. The van der Waals surface area contributed by atoms with Crippen LogP contribution < -0.4 is 4.74 Å². The first kappa shape index (κ1) is 13.5. The Morgan fingerprint density at radius 3 is 2.41 bits per heavy atom. The van der Waals surface area contributed by atoms with Gasteiger partial charge in [0, 0.05) is 0 Å². The summed E-state index contributed by atoms with van der Waals surface area (Å²) in [6.45, 7) is 2.31. The molecule has 1 rings (SSSR count). The molecule has 0 aliphatic rings. The standard InChI is InChI=1S/C12H13ClO4/c1-2-7-16-12(15)9-3-5-10(6-4-9)17-11(14)8-13/h3-6H,2,7-8H2,1H3. The lowest BCUT2D eigenvalue weighted by atomic mass is 10.2. The van der Waals surface area contributed by atoms with Crippen LogP contribution in [0.1, 0.15) is 23.7 Å². The summed E-state index contributed by atoms with van der Waals surface area (Å²) < 4.78 is 9.81. The van der Waals surface area contributed by atoms with Gasteiger partial charge in [0.1, 0.15) is 11.6 Å². The number of hydrogen-bond acceptors (Lipinski definition) is 4. The Hall–Kier alpha value is -1.55. The molecule has 0 aromatic heterocycles. The largest absolute Gasteiger partial charge is 0.462 e. The second-order valence-corrected chi connectivity index (χ2v) is 3.54. The maximum atomic E-state index is 11.4. The SMILES string of the molecule is CCCOC(=O)c1ccc(OC(=O)CCl)cc1. The molecule has 92 valence electrons. The summed E-state index contributed by atoms with van der Waals surface area (Å²) >= 11 is 5.29. The molecule has 0 spiro atoms. The summed E-state index contributed by atoms with van der Waals surface area (Å²) in [6, 6.07) is 6.11. The molecular formula is C12H13ClO4. The van der Waals surface area contributed by atoms with Gasteiger partial charge in [0.15, 0.2) is 0 Å². The minimum atomic E-state index is -0.534. The second kappa shape index (κ2) is 6.91. The highest BCUT2D eigenvalue weighted by Gasteiger charge is 2.07. The van der Waals surface area contributed by atoms with Gasteiger partial charge < -0.3 is 9.47 Å². The zero-order valence-corrected chi connectivity index (χ0v) is 10.2. The van der Waals surface area contributed by atoms with E-state index in [2.05, 4.69) is 0 Å². The molecule has 0 amide bonds. The van der Waals surface area contributed by atoms with Gasteiger partial charge in [0.25, 0.3) is 0 Å². The van der Waals surface area contributed by atoms with Crippen LogP contribution in [0.4, 0.5) is 0 Å². The smallest absolute Gasteiger partial charge is 0.338 e. The van der Waals surface area contributed by atoms with Gasteiger partial charge in [0.05, 0.1) is 12.2 Å². The van der Waals surface area contributed by atoms with Gasteiger partial charge in [-0.1, -0.05) is 6.92 Å². The molecule has 0 heterocycles. The topological polar surface area (TPSA) is 52.6 Å². The fraction of sp³-hybridized carbons (Fsp3) is 0.333. The second-order valence-electron chi connectivity index (χ2n) is 3.27. The number of esters is 2. The van der Waals surface area contributed by atoms with Gasteiger partial charge in [-0.25, -0.2) is 4.79 Å². The third-order valence-corrected chi connectivity index (χ3v) is 2.09. The minimum Gasteiger partial charge on any atom is -0.462 e. The Balaban J connectivity index is 2.61. The quantitative estimate of drug-likeness (QED) is 0.461. The van der Waals surface area contributed by atoms with E-state index in [9.17, 15) is 9.59 Å². The van der Waals surface area contributed by atoms with Crippen molar-refractivity contribution >= 4 is 23.5 Å². The van der Waals surface area contributed by atoms with Crippen LogP contribution in [-0.2, 0) is 9.53 Å². The molecule has 0 aliphatic carbocycles. The fourth-order valence-electron chi connectivity index (χ4n) is 1.10. The minimum absolute atomic E-state index is 0.208. The van der Waals surface area contributed by atoms with Crippen molar-refractivity contribution < 1.29 is 19.1 Å². The van der Waals surface area contributed by atoms with Crippen molar-refractivity contribution in [2.75, 3.05) is 12.5 Å². The summed E-state index contributed by atoms with van der Waals surface area (Å²) in [5.41, 5.74) is 0.420. The molecule has 0 fully saturated rings. The molecule has 0 atom stereocenters. The van der Waals surface area contributed by atoms with Crippen molar-refractivity contribution in [1.29, 1.82) is 0 Å². The van der Waals surface area contributed by atoms with Gasteiger partial charge in [0.2, 0.25) is 0 Å². The molecule has 4 nitrogen and oxygen atoms in total. The maximum Gasteiger partial charge on any atom is 0.338 e. The van der Waals surface area contributed by atoms with E-state index in [1.807, 2.05) is 6.92 Å². The number of rotatable bonds is 5. The number of halogens is 1. The summed E-state index contributed by atoms with van der Waals surface area (Å²) in [7, 11) is 0. The van der Waals surface area contributed by atoms with Crippen LogP contribution >= 0.6 is 11.6 Å². The van der Waals surface area contributed by atoms with E-state index in [1.165, 1.54) is 24.3 Å². The monoisotopic (exact) mass is 256 g/mol. The van der Waals surface area contributed by atoms with Gasteiger partial charge in [-0.2, -0.15) is 0 Å². The lowest BCUT2D eigenvalue weighted by molar-refractivity contribution is -0.131. The molecule has 1 aromatic rings. The van der Waals surface area contributed by atoms with E-state index in [0.29, 0.717) is 17.9 Å². The van der Waals surface area contributed by atoms with Crippen molar-refractivity contribution in [2.45, 2.75) is 13.3 Å². The van der Waals surface area contributed by atoms with E-state index < -0.39 is 5.97 Å². The number of carbonyl (C=O) groups is 2. The molecule has 0 saturated carbocycles. The predicted molar refractivity (Wildman–Crippen MR) is 63.4 cm³/mol. The van der Waals surface area contributed by atoms with Gasteiger partial charge in [-0.3, -0.25) is 4.79 Å². The highest BCUT2D eigenvalue weighted by molar-refractivity contribution is 6.26. The van der Waals surface area contributed by atoms with Crippen LogP contribution in [0.5, 0.6) is 5.75 Å². The molecule has 5 heteroatoms. The van der Waals surface area contributed by atoms with Gasteiger partial charge in [-0.05, 0) is 30.7 Å². The summed E-state index contributed by atoms with van der Waals surface area (Å²) in [6.07, 6.45) is 0.775. The first-order chi connectivity index (χ1) is 8.17. The first-order valence-electron chi connectivity index (χ1n) is 5.21. The van der Waals surface area contributed by atoms with E-state index in [-0.39, 0.29) is 11.8 Å². The zero-order chi connectivity index (χ0) is 12.7. The summed E-state index contributed by atoms with van der Waals surface area (Å²) in [5.74, 6) is -0.780. The van der Waals surface area contributed by atoms with Crippen LogP contribution in [0, 0.1) is 0 Å². The Morgan fingerprint density at radius 1 is 1.24 bits per heavy atom. The van der Waals surface area contributed by atoms with Crippen LogP contribution in [-0.4, -0.2) is 24.4 Å². The normalized spacial score (nSPS) is 9.76. The van der Waals surface area contributed by atoms with Crippen molar-refractivity contribution in [3.05, 3.63) is 29.8 Å². The molecule has 0 unspecified atom stereocenters. The third-order valence-electron chi connectivity index (χ3n) is 1.87. The number of alkyl halides is 1. The van der Waals surface area contributed by atoms with E-state index in [1.54, 1.807) is 0 Å². The summed E-state index contributed by atoms with van der Waals surface area (Å²) in [4.78, 5) is 22.3. The van der Waals surface area contributed by atoms with Crippen LogP contribution in [0.25, 0.3) is 0 Å². The lowest BCUT2D eigenvalue weighted by Crippen LogP contribution is -2.09. The molecule has 0 aliphatic heterocycles. The van der Waals surface area contributed by atoms with Gasteiger partial charge >= 0.3 is 11.9 Å². The molecule has 1 aromatic carbocycles. The summed E-state index contributed by atoms with van der Waals surface area (Å²) in [5, 5.41) is 0. The molecular weight excluding hydrogens is 244 g/mol. The zero-order valence-electron chi connectivity index (χ0n) is 9.44. The Labute approximate surface area is 104 Å². The van der Waals surface area contributed by atoms with E-state index in [4.69, 9.17) is 21.1 Å². The van der Waals surface area contributed by atoms with E-state index in [0.717, 1.165) is 6.42 Å². The van der Waals surface area contributed by atoms with Crippen LogP contribution in [0.15, 0.2) is 24.3 Å². The van der Waals surface area contributed by atoms with Crippen LogP contribution in [0.2, 0.25) is 0 Å². The van der Waals surface area contributed by atoms with Crippen molar-refractivity contribution in [3.63, 3.8) is 0 Å². The Kier molecular flexibility index (Phi) is 5.49. The number of ether oxygens (including phenoxy) is 2. The van der Waals surface area contributed by atoms with Crippen molar-refractivity contribution in [3.8, 4) is 5.75 Å². The number of benzene rings is 1.